The smallest absolute Gasteiger partial charge is 0.271 e. The van der Waals surface area contributed by atoms with Crippen LogP contribution in [0.25, 0.3) is 11.3 Å². The molecule has 4 nitrogen and oxygen atoms in total. The molecule has 1 amide bonds. The number of furan rings is 1. The van der Waals surface area contributed by atoms with Gasteiger partial charge in [-0.2, -0.15) is 5.10 Å². The van der Waals surface area contributed by atoms with E-state index in [1.807, 2.05) is 30.3 Å². The predicted molar refractivity (Wildman–Crippen MR) is 98.4 cm³/mol. The quantitative estimate of drug-likeness (QED) is 0.485. The summed E-state index contributed by atoms with van der Waals surface area (Å²) in [6.45, 7) is 0. The van der Waals surface area contributed by atoms with E-state index in [1.165, 1.54) is 6.21 Å². The molecule has 0 saturated carbocycles. The van der Waals surface area contributed by atoms with Crippen LogP contribution in [-0.2, 0) is 0 Å². The van der Waals surface area contributed by atoms with E-state index in [0.29, 0.717) is 16.3 Å². The van der Waals surface area contributed by atoms with E-state index in [9.17, 15) is 4.79 Å². The van der Waals surface area contributed by atoms with Crippen molar-refractivity contribution >= 4 is 39.7 Å². The zero-order valence-electron chi connectivity index (χ0n) is 12.4. The number of amides is 1. The number of hydrogen-bond acceptors (Lipinski definition) is 3. The average molecular weight is 404 g/mol. The van der Waals surface area contributed by atoms with E-state index < -0.39 is 0 Å². The molecular formula is C18H12BrClN2O2. The summed E-state index contributed by atoms with van der Waals surface area (Å²) >= 11 is 9.21. The van der Waals surface area contributed by atoms with Crippen molar-refractivity contribution in [1.82, 2.24) is 5.43 Å². The normalized spacial score (nSPS) is 10.9. The molecule has 24 heavy (non-hydrogen) atoms. The maximum Gasteiger partial charge on any atom is 0.271 e. The van der Waals surface area contributed by atoms with Crippen LogP contribution >= 0.6 is 27.5 Å². The van der Waals surface area contributed by atoms with Crippen LogP contribution in [0.1, 0.15) is 16.1 Å². The monoisotopic (exact) mass is 402 g/mol. The van der Waals surface area contributed by atoms with Gasteiger partial charge < -0.3 is 4.42 Å². The Hall–Kier alpha value is -2.37. The number of carbonyl (C=O) groups is 1. The van der Waals surface area contributed by atoms with Gasteiger partial charge in [0.15, 0.2) is 0 Å². The third-order valence-corrected chi connectivity index (χ3v) is 3.95. The van der Waals surface area contributed by atoms with Gasteiger partial charge in [-0.05, 0) is 48.5 Å². The first-order valence-electron chi connectivity index (χ1n) is 7.06. The Labute approximate surface area is 152 Å². The topological polar surface area (TPSA) is 54.6 Å². The molecule has 0 aliphatic carbocycles. The Morgan fingerprint density at radius 3 is 2.67 bits per heavy atom. The first-order chi connectivity index (χ1) is 11.6. The van der Waals surface area contributed by atoms with E-state index >= 15 is 0 Å². The van der Waals surface area contributed by atoms with Crippen molar-refractivity contribution in [2.24, 2.45) is 5.10 Å². The van der Waals surface area contributed by atoms with Gasteiger partial charge in [0.1, 0.15) is 11.5 Å². The molecule has 3 aromatic rings. The van der Waals surface area contributed by atoms with Crippen LogP contribution in [0.5, 0.6) is 0 Å². The summed E-state index contributed by atoms with van der Waals surface area (Å²) in [7, 11) is 0. The summed E-state index contributed by atoms with van der Waals surface area (Å²) in [6, 6.07) is 18.0. The molecule has 0 unspecified atom stereocenters. The van der Waals surface area contributed by atoms with Crippen LogP contribution in [-0.4, -0.2) is 12.1 Å². The van der Waals surface area contributed by atoms with Crippen molar-refractivity contribution in [2.75, 3.05) is 0 Å². The number of carbonyl (C=O) groups excluding carboxylic acids is 1. The summed E-state index contributed by atoms with van der Waals surface area (Å²) in [5.41, 5.74) is 3.88. The Bertz CT molecular complexity index is 888. The second kappa shape index (κ2) is 7.47. The molecule has 0 aliphatic rings. The van der Waals surface area contributed by atoms with Gasteiger partial charge in [0.05, 0.1) is 6.21 Å². The SMILES string of the molecule is O=C(N/N=C/c1ccc(-c2cccc(Br)c2)o1)c1ccc(Cl)cc1. The molecule has 1 heterocycles. The summed E-state index contributed by atoms with van der Waals surface area (Å²) < 4.78 is 6.66. The van der Waals surface area contributed by atoms with Crippen molar-refractivity contribution in [1.29, 1.82) is 0 Å². The lowest BCUT2D eigenvalue weighted by atomic mass is 10.2. The highest BCUT2D eigenvalue weighted by molar-refractivity contribution is 9.10. The molecule has 0 spiro atoms. The third kappa shape index (κ3) is 4.13. The number of halogens is 2. The number of rotatable bonds is 4. The molecule has 120 valence electrons. The van der Waals surface area contributed by atoms with Gasteiger partial charge in [0.25, 0.3) is 5.91 Å². The van der Waals surface area contributed by atoms with Crippen molar-refractivity contribution in [2.45, 2.75) is 0 Å². The Morgan fingerprint density at radius 1 is 1.12 bits per heavy atom. The first kappa shape index (κ1) is 16.5. The maximum absolute atomic E-state index is 11.9. The lowest BCUT2D eigenvalue weighted by Crippen LogP contribution is -2.17. The van der Waals surface area contributed by atoms with E-state index in [0.717, 1.165) is 15.8 Å². The zero-order valence-corrected chi connectivity index (χ0v) is 14.7. The lowest BCUT2D eigenvalue weighted by Gasteiger charge is -1.99. The number of nitrogens with one attached hydrogen (secondary N) is 1. The van der Waals surface area contributed by atoms with Gasteiger partial charge in [0.2, 0.25) is 0 Å². The zero-order chi connectivity index (χ0) is 16.9. The van der Waals surface area contributed by atoms with Gasteiger partial charge in [-0.3, -0.25) is 4.79 Å². The van der Waals surface area contributed by atoms with Crippen LogP contribution in [0.2, 0.25) is 5.02 Å². The molecule has 0 bridgehead atoms. The second-order valence-electron chi connectivity index (χ2n) is 4.92. The minimum absolute atomic E-state index is 0.318. The van der Waals surface area contributed by atoms with Crippen LogP contribution in [0, 0.1) is 0 Å². The lowest BCUT2D eigenvalue weighted by molar-refractivity contribution is 0.0955. The largest absolute Gasteiger partial charge is 0.455 e. The first-order valence-corrected chi connectivity index (χ1v) is 8.24. The van der Waals surface area contributed by atoms with Crippen molar-refractivity contribution < 1.29 is 9.21 Å². The van der Waals surface area contributed by atoms with Gasteiger partial charge in [-0.15, -0.1) is 0 Å². The van der Waals surface area contributed by atoms with Crippen LogP contribution in [0.4, 0.5) is 0 Å². The number of nitrogens with zero attached hydrogens (tertiary/aromatic N) is 1. The van der Waals surface area contributed by atoms with Crippen LogP contribution < -0.4 is 5.43 Å². The van der Waals surface area contributed by atoms with E-state index in [2.05, 4.69) is 26.5 Å². The number of benzene rings is 2. The third-order valence-electron chi connectivity index (χ3n) is 3.20. The minimum atomic E-state index is -0.318. The van der Waals surface area contributed by atoms with Gasteiger partial charge in [-0.1, -0.05) is 39.7 Å². The fraction of sp³-hybridized carbons (Fsp3) is 0. The Balaban J connectivity index is 1.65. The summed E-state index contributed by atoms with van der Waals surface area (Å²) in [5, 5.41) is 4.48. The highest BCUT2D eigenvalue weighted by Gasteiger charge is 2.05. The summed E-state index contributed by atoms with van der Waals surface area (Å²) in [6.07, 6.45) is 1.45. The molecular weight excluding hydrogens is 392 g/mol. The molecule has 0 radical (unpaired) electrons. The fourth-order valence-corrected chi connectivity index (χ4v) is 2.56. The van der Waals surface area contributed by atoms with E-state index in [-0.39, 0.29) is 5.91 Å². The van der Waals surface area contributed by atoms with Crippen molar-refractivity contribution in [3.05, 3.63) is 81.5 Å². The summed E-state index contributed by atoms with van der Waals surface area (Å²) in [4.78, 5) is 11.9. The molecule has 1 N–H and O–H groups in total. The molecule has 0 saturated heterocycles. The molecule has 3 rings (SSSR count). The molecule has 0 fully saturated rings. The van der Waals surface area contributed by atoms with Crippen molar-refractivity contribution in [3.63, 3.8) is 0 Å². The molecule has 6 heteroatoms. The molecule has 2 aromatic carbocycles. The molecule has 0 aliphatic heterocycles. The highest BCUT2D eigenvalue weighted by Crippen LogP contribution is 2.24. The Kier molecular flexibility index (Phi) is 5.13. The minimum Gasteiger partial charge on any atom is -0.455 e. The van der Waals surface area contributed by atoms with Gasteiger partial charge >= 0.3 is 0 Å². The standard InChI is InChI=1S/C18H12BrClN2O2/c19-14-3-1-2-13(10-14)17-9-8-16(24-17)11-21-22-18(23)12-4-6-15(20)7-5-12/h1-11H,(H,22,23)/b21-11+. The highest BCUT2D eigenvalue weighted by atomic mass is 79.9. The molecule has 0 atom stereocenters. The number of hydrazone groups is 1. The van der Waals surface area contributed by atoms with E-state index in [4.69, 9.17) is 16.0 Å². The average Bonchev–Trinajstić information content (AvgIpc) is 3.04. The fourth-order valence-electron chi connectivity index (χ4n) is 2.04. The summed E-state index contributed by atoms with van der Waals surface area (Å²) in [5.74, 6) is 0.949. The predicted octanol–water partition coefficient (Wildman–Crippen LogP) is 5.13. The second-order valence-corrected chi connectivity index (χ2v) is 6.27. The van der Waals surface area contributed by atoms with Crippen LogP contribution in [0.3, 0.4) is 0 Å². The van der Waals surface area contributed by atoms with E-state index in [1.54, 1.807) is 30.3 Å². The number of hydrogen-bond donors (Lipinski definition) is 1. The van der Waals surface area contributed by atoms with Crippen molar-refractivity contribution in [3.8, 4) is 11.3 Å². The van der Waals surface area contributed by atoms with Crippen LogP contribution in [0.15, 0.2) is 74.7 Å². The van der Waals surface area contributed by atoms with Gasteiger partial charge in [-0.25, -0.2) is 5.43 Å². The molecule has 1 aromatic heterocycles. The Morgan fingerprint density at radius 2 is 1.92 bits per heavy atom. The van der Waals surface area contributed by atoms with Gasteiger partial charge in [0, 0.05) is 20.6 Å². The maximum atomic E-state index is 11.9.